The lowest BCUT2D eigenvalue weighted by atomic mass is 9.79. The van der Waals surface area contributed by atoms with Gasteiger partial charge in [0.15, 0.2) is 13.6 Å². The summed E-state index contributed by atoms with van der Waals surface area (Å²) in [4.78, 5) is 0. The van der Waals surface area contributed by atoms with Crippen LogP contribution in [0.15, 0.2) is 54.1 Å². The molecule has 7 nitrogen and oxygen atoms in total. The standard InChI is InChI=1S/C26H34O7S/c1-29-18-31-24-11-7-21(8-12-24)26(22-9-13-25(14-10-22)32-19-30-2)23-6-4-5-20(17-23)15-16-33-34(3,27)28/h7-14,20H,4-6,15-19H2,1-3H3. The predicted octanol–water partition coefficient (Wildman–Crippen LogP) is 5.01. The van der Waals surface area contributed by atoms with Crippen molar-refractivity contribution in [1.29, 1.82) is 0 Å². The van der Waals surface area contributed by atoms with E-state index in [1.54, 1.807) is 14.2 Å². The van der Waals surface area contributed by atoms with Crippen LogP contribution in [0.25, 0.3) is 5.57 Å². The van der Waals surface area contributed by atoms with Gasteiger partial charge in [0.05, 0.1) is 12.9 Å². The molecule has 2 aromatic rings. The Bertz CT molecular complexity index is 974. The second-order valence-corrected chi connectivity index (χ2v) is 10.1. The molecule has 0 aromatic heterocycles. The number of rotatable bonds is 12. The lowest BCUT2D eigenvalue weighted by Gasteiger charge is -2.27. The van der Waals surface area contributed by atoms with Crippen molar-refractivity contribution in [3.63, 3.8) is 0 Å². The number of ether oxygens (including phenoxy) is 4. The predicted molar refractivity (Wildman–Crippen MR) is 131 cm³/mol. The molecule has 1 aliphatic carbocycles. The minimum absolute atomic E-state index is 0.202. The molecule has 1 fully saturated rings. The van der Waals surface area contributed by atoms with Gasteiger partial charge < -0.3 is 18.9 Å². The maximum atomic E-state index is 11.3. The molecule has 1 atom stereocenters. The number of hydrogen-bond donors (Lipinski definition) is 0. The fraction of sp³-hybridized carbons (Fsp3) is 0.462. The quantitative estimate of drug-likeness (QED) is 0.306. The second-order valence-electron chi connectivity index (χ2n) is 8.41. The van der Waals surface area contributed by atoms with Crippen molar-refractivity contribution in [2.75, 3.05) is 40.7 Å². The molecule has 0 heterocycles. The van der Waals surface area contributed by atoms with E-state index in [2.05, 4.69) is 24.3 Å². The molecule has 0 spiro atoms. The maximum Gasteiger partial charge on any atom is 0.264 e. The van der Waals surface area contributed by atoms with Gasteiger partial charge in [-0.25, -0.2) is 0 Å². The van der Waals surface area contributed by atoms with Gasteiger partial charge >= 0.3 is 0 Å². The zero-order chi connectivity index (χ0) is 24.4. The molecular weight excluding hydrogens is 456 g/mol. The van der Waals surface area contributed by atoms with Crippen LogP contribution in [0.4, 0.5) is 0 Å². The Balaban J connectivity index is 1.88. The molecular formula is C26H34O7S. The molecule has 3 rings (SSSR count). The fourth-order valence-electron chi connectivity index (χ4n) is 4.26. The third-order valence-corrected chi connectivity index (χ3v) is 6.37. The Morgan fingerprint density at radius 2 is 1.41 bits per heavy atom. The molecule has 2 aromatic carbocycles. The number of hydrogen-bond acceptors (Lipinski definition) is 7. The first-order valence-electron chi connectivity index (χ1n) is 11.4. The normalized spacial score (nSPS) is 16.3. The van der Waals surface area contributed by atoms with E-state index in [1.807, 2.05) is 24.3 Å². The molecule has 0 bridgehead atoms. The lowest BCUT2D eigenvalue weighted by molar-refractivity contribution is 0.0509. The van der Waals surface area contributed by atoms with E-state index in [0.29, 0.717) is 5.92 Å². The maximum absolute atomic E-state index is 11.3. The minimum atomic E-state index is -3.42. The van der Waals surface area contributed by atoms with E-state index in [0.717, 1.165) is 61.0 Å². The van der Waals surface area contributed by atoms with Gasteiger partial charge in [0.1, 0.15) is 11.5 Å². The molecule has 0 amide bonds. The topological polar surface area (TPSA) is 80.3 Å². The van der Waals surface area contributed by atoms with Crippen molar-refractivity contribution in [3.05, 3.63) is 65.2 Å². The van der Waals surface area contributed by atoms with Crippen LogP contribution in [0, 0.1) is 5.92 Å². The Morgan fingerprint density at radius 3 is 1.88 bits per heavy atom. The number of allylic oxidation sites excluding steroid dienone is 1. The molecule has 8 heteroatoms. The molecule has 1 unspecified atom stereocenters. The van der Waals surface area contributed by atoms with E-state index in [9.17, 15) is 8.42 Å². The van der Waals surface area contributed by atoms with Crippen LogP contribution in [0.5, 0.6) is 11.5 Å². The lowest BCUT2D eigenvalue weighted by Crippen LogP contribution is -2.14. The summed E-state index contributed by atoms with van der Waals surface area (Å²) in [6, 6.07) is 16.1. The van der Waals surface area contributed by atoms with E-state index < -0.39 is 10.1 Å². The Morgan fingerprint density at radius 1 is 0.882 bits per heavy atom. The summed E-state index contributed by atoms with van der Waals surface area (Å²) < 4.78 is 48.8. The summed E-state index contributed by atoms with van der Waals surface area (Å²) in [5, 5.41) is 0. The van der Waals surface area contributed by atoms with E-state index >= 15 is 0 Å². The first-order chi connectivity index (χ1) is 16.4. The zero-order valence-electron chi connectivity index (χ0n) is 20.1. The van der Waals surface area contributed by atoms with Gasteiger partial charge in [-0.2, -0.15) is 8.42 Å². The largest absolute Gasteiger partial charge is 0.468 e. The van der Waals surface area contributed by atoms with Crippen LogP contribution in [0.1, 0.15) is 43.2 Å². The van der Waals surface area contributed by atoms with Crippen LogP contribution in [-0.2, 0) is 23.8 Å². The second kappa shape index (κ2) is 12.9. The molecule has 1 aliphatic rings. The Kier molecular flexibility index (Phi) is 9.95. The van der Waals surface area contributed by atoms with Gasteiger partial charge in [0, 0.05) is 14.2 Å². The summed E-state index contributed by atoms with van der Waals surface area (Å²) in [6.07, 6.45) is 5.85. The summed E-state index contributed by atoms with van der Waals surface area (Å²) in [7, 11) is -0.227. The Labute approximate surface area is 202 Å². The average Bonchev–Trinajstić information content (AvgIpc) is 2.83. The molecule has 0 N–H and O–H groups in total. The minimum Gasteiger partial charge on any atom is -0.468 e. The van der Waals surface area contributed by atoms with Crippen molar-refractivity contribution >= 4 is 15.7 Å². The monoisotopic (exact) mass is 490 g/mol. The van der Waals surface area contributed by atoms with Gasteiger partial charge in [-0.3, -0.25) is 4.18 Å². The molecule has 1 saturated carbocycles. The first kappa shape index (κ1) is 26.2. The summed E-state index contributed by atoms with van der Waals surface area (Å²) in [5.74, 6) is 1.88. The SMILES string of the molecule is COCOc1ccc(C(=C2CCCC(CCOS(C)(=O)=O)C2)c2ccc(OCOC)cc2)cc1. The van der Waals surface area contributed by atoms with Crippen LogP contribution in [0.2, 0.25) is 0 Å². The van der Waals surface area contributed by atoms with Crippen molar-refractivity contribution in [2.45, 2.75) is 32.1 Å². The van der Waals surface area contributed by atoms with Crippen molar-refractivity contribution in [3.8, 4) is 11.5 Å². The van der Waals surface area contributed by atoms with E-state index in [4.69, 9.17) is 23.1 Å². The molecule has 0 aliphatic heterocycles. The average molecular weight is 491 g/mol. The van der Waals surface area contributed by atoms with Gasteiger partial charge in [-0.15, -0.1) is 0 Å². The molecule has 186 valence electrons. The third kappa shape index (κ3) is 8.13. The van der Waals surface area contributed by atoms with Gasteiger partial charge in [-0.1, -0.05) is 29.8 Å². The summed E-state index contributed by atoms with van der Waals surface area (Å²) in [6.45, 7) is 0.629. The highest BCUT2D eigenvalue weighted by atomic mass is 32.2. The van der Waals surface area contributed by atoms with E-state index in [-0.39, 0.29) is 20.2 Å². The zero-order valence-corrected chi connectivity index (χ0v) is 20.9. The number of methoxy groups -OCH3 is 2. The third-order valence-electron chi connectivity index (χ3n) is 5.78. The van der Waals surface area contributed by atoms with Crippen molar-refractivity contribution in [2.24, 2.45) is 5.92 Å². The van der Waals surface area contributed by atoms with Crippen LogP contribution >= 0.6 is 0 Å². The molecule has 0 saturated heterocycles. The van der Waals surface area contributed by atoms with E-state index in [1.165, 1.54) is 11.1 Å². The van der Waals surface area contributed by atoms with Crippen molar-refractivity contribution < 1.29 is 31.5 Å². The van der Waals surface area contributed by atoms with Crippen LogP contribution in [-0.4, -0.2) is 49.1 Å². The van der Waals surface area contributed by atoms with Gasteiger partial charge in [0.25, 0.3) is 10.1 Å². The highest BCUT2D eigenvalue weighted by Gasteiger charge is 2.22. The smallest absolute Gasteiger partial charge is 0.264 e. The fourth-order valence-corrected chi connectivity index (χ4v) is 4.66. The van der Waals surface area contributed by atoms with Gasteiger partial charge in [0.2, 0.25) is 0 Å². The summed E-state index contributed by atoms with van der Waals surface area (Å²) in [5.41, 5.74) is 4.79. The van der Waals surface area contributed by atoms with Crippen molar-refractivity contribution in [1.82, 2.24) is 0 Å². The number of benzene rings is 2. The highest BCUT2D eigenvalue weighted by molar-refractivity contribution is 7.85. The van der Waals surface area contributed by atoms with Crippen LogP contribution in [0.3, 0.4) is 0 Å². The first-order valence-corrected chi connectivity index (χ1v) is 13.2. The Hall–Kier alpha value is -2.39. The highest BCUT2D eigenvalue weighted by Crippen LogP contribution is 2.39. The molecule has 34 heavy (non-hydrogen) atoms. The summed E-state index contributed by atoms with van der Waals surface area (Å²) >= 11 is 0. The molecule has 0 radical (unpaired) electrons. The van der Waals surface area contributed by atoms with Gasteiger partial charge in [-0.05, 0) is 79.0 Å². The van der Waals surface area contributed by atoms with Crippen LogP contribution < -0.4 is 9.47 Å².